The van der Waals surface area contributed by atoms with E-state index in [0.717, 1.165) is 45.2 Å². The molecule has 0 saturated carbocycles. The van der Waals surface area contributed by atoms with E-state index in [-0.39, 0.29) is 0 Å². The Labute approximate surface area is 132 Å². The smallest absolute Gasteiger partial charge is 0.143 e. The molecule has 100 valence electrons. The number of rotatable bonds is 5. The van der Waals surface area contributed by atoms with E-state index in [0.29, 0.717) is 0 Å². The number of benzene rings is 1. The number of nitrogens with zero attached hydrogens (tertiary/aromatic N) is 2. The lowest BCUT2D eigenvalue weighted by molar-refractivity contribution is 0.926. The Kier molecular flexibility index (Phi) is 5.39. The Morgan fingerprint density at radius 2 is 2.00 bits per heavy atom. The maximum atomic E-state index is 5.88. The van der Waals surface area contributed by atoms with E-state index in [1.165, 1.54) is 0 Å². The van der Waals surface area contributed by atoms with Gasteiger partial charge in [-0.25, -0.2) is 9.97 Å². The van der Waals surface area contributed by atoms with Crippen LogP contribution in [0.5, 0.6) is 0 Å². The number of anilines is 1. The van der Waals surface area contributed by atoms with Crippen molar-refractivity contribution in [1.29, 1.82) is 0 Å². The molecule has 0 atom stereocenters. The van der Waals surface area contributed by atoms with Gasteiger partial charge in [-0.15, -0.1) is 0 Å². The molecule has 0 saturated heterocycles. The first-order chi connectivity index (χ1) is 9.19. The maximum Gasteiger partial charge on any atom is 0.143 e. The minimum Gasteiger partial charge on any atom is -0.369 e. The third-order valence-corrected chi connectivity index (χ3v) is 3.65. The number of hydrogen-bond acceptors (Lipinski definition) is 3. The van der Waals surface area contributed by atoms with Crippen LogP contribution in [0.4, 0.5) is 5.82 Å². The molecule has 0 spiro atoms. The van der Waals surface area contributed by atoms with E-state index < -0.39 is 0 Å². The third kappa shape index (κ3) is 4.31. The number of hydrogen-bond donors (Lipinski definition) is 1. The molecule has 19 heavy (non-hydrogen) atoms. The molecule has 3 nitrogen and oxygen atoms in total. The summed E-state index contributed by atoms with van der Waals surface area (Å²) in [6.45, 7) is 3.06. The highest BCUT2D eigenvalue weighted by atomic mass is 127. The summed E-state index contributed by atoms with van der Waals surface area (Å²) in [5.41, 5.74) is 1.16. The Morgan fingerprint density at radius 1 is 1.26 bits per heavy atom. The number of nitrogens with one attached hydrogen (secondary N) is 1. The molecule has 0 unspecified atom stereocenters. The largest absolute Gasteiger partial charge is 0.369 e. The Morgan fingerprint density at radius 3 is 2.68 bits per heavy atom. The molecule has 0 aliphatic rings. The zero-order valence-electron chi connectivity index (χ0n) is 10.7. The fraction of sp³-hybridized carbons (Fsp3) is 0.286. The Bertz CT molecular complexity index is 543. The number of halogens is 2. The molecule has 2 aromatic rings. The minimum absolute atomic E-state index is 0.717. The molecule has 0 fully saturated rings. The van der Waals surface area contributed by atoms with Crippen molar-refractivity contribution >= 4 is 40.0 Å². The number of aromatic nitrogens is 2. The van der Waals surface area contributed by atoms with Gasteiger partial charge in [0.25, 0.3) is 0 Å². The van der Waals surface area contributed by atoms with Gasteiger partial charge < -0.3 is 5.32 Å². The van der Waals surface area contributed by atoms with Gasteiger partial charge in [0.05, 0.1) is 3.57 Å². The summed E-state index contributed by atoms with van der Waals surface area (Å²) in [5, 5.41) is 4.07. The monoisotopic (exact) mass is 387 g/mol. The molecule has 0 aliphatic heterocycles. The van der Waals surface area contributed by atoms with Crippen LogP contribution in [0.3, 0.4) is 0 Å². The summed E-state index contributed by atoms with van der Waals surface area (Å²) in [6.07, 6.45) is 3.65. The lowest BCUT2D eigenvalue weighted by atomic mass is 10.1. The molecule has 5 heteroatoms. The SMILES string of the molecule is CCCNc1nc(Cc2ccc(Cl)cc2)ncc1I. The summed E-state index contributed by atoms with van der Waals surface area (Å²) in [7, 11) is 0. The van der Waals surface area contributed by atoms with Crippen LogP contribution in [-0.2, 0) is 6.42 Å². The predicted molar refractivity (Wildman–Crippen MR) is 87.8 cm³/mol. The fourth-order valence-corrected chi connectivity index (χ4v) is 2.22. The van der Waals surface area contributed by atoms with E-state index in [1.807, 2.05) is 30.5 Å². The molecular formula is C14H15ClIN3. The van der Waals surface area contributed by atoms with E-state index in [4.69, 9.17) is 11.6 Å². The van der Waals surface area contributed by atoms with E-state index in [2.05, 4.69) is 44.8 Å². The molecule has 1 aromatic carbocycles. The molecule has 0 bridgehead atoms. The summed E-state index contributed by atoms with van der Waals surface area (Å²) in [6, 6.07) is 7.78. The first kappa shape index (κ1) is 14.5. The van der Waals surface area contributed by atoms with Gasteiger partial charge in [0, 0.05) is 24.2 Å². The van der Waals surface area contributed by atoms with Crippen LogP contribution in [0.15, 0.2) is 30.5 Å². The molecule has 2 rings (SSSR count). The van der Waals surface area contributed by atoms with Crippen molar-refractivity contribution in [2.24, 2.45) is 0 Å². The van der Waals surface area contributed by atoms with Crippen LogP contribution >= 0.6 is 34.2 Å². The standard InChI is InChI=1S/C14H15ClIN3/c1-2-7-17-14-12(16)9-18-13(19-14)8-10-3-5-11(15)6-4-10/h3-6,9H,2,7-8H2,1H3,(H,17,18,19). The van der Waals surface area contributed by atoms with Crippen molar-refractivity contribution in [1.82, 2.24) is 9.97 Å². The Hall–Kier alpha value is -0.880. The second-order valence-corrected chi connectivity index (χ2v) is 5.81. The molecular weight excluding hydrogens is 373 g/mol. The first-order valence-corrected chi connectivity index (χ1v) is 7.64. The van der Waals surface area contributed by atoms with Crippen molar-refractivity contribution < 1.29 is 0 Å². The average Bonchev–Trinajstić information content (AvgIpc) is 2.42. The summed E-state index contributed by atoms with van der Waals surface area (Å²) in [5.74, 6) is 1.74. The summed E-state index contributed by atoms with van der Waals surface area (Å²) < 4.78 is 1.05. The van der Waals surface area contributed by atoms with E-state index in [1.54, 1.807) is 0 Å². The lowest BCUT2D eigenvalue weighted by Gasteiger charge is -2.08. The maximum absolute atomic E-state index is 5.88. The van der Waals surface area contributed by atoms with Gasteiger partial charge in [0.2, 0.25) is 0 Å². The van der Waals surface area contributed by atoms with Gasteiger partial charge in [-0.05, 0) is 46.7 Å². The molecule has 1 N–H and O–H groups in total. The predicted octanol–water partition coefficient (Wildman–Crippen LogP) is 4.15. The van der Waals surface area contributed by atoms with Gasteiger partial charge in [-0.3, -0.25) is 0 Å². The van der Waals surface area contributed by atoms with Crippen molar-refractivity contribution in [3.05, 3.63) is 50.4 Å². The highest BCUT2D eigenvalue weighted by Gasteiger charge is 2.05. The van der Waals surface area contributed by atoms with Gasteiger partial charge in [-0.1, -0.05) is 30.7 Å². The Balaban J connectivity index is 2.14. The minimum atomic E-state index is 0.717. The van der Waals surface area contributed by atoms with Gasteiger partial charge in [0.15, 0.2) is 0 Å². The molecule has 0 aliphatic carbocycles. The average molecular weight is 388 g/mol. The molecule has 1 aromatic heterocycles. The second-order valence-electron chi connectivity index (χ2n) is 4.21. The highest BCUT2D eigenvalue weighted by Crippen LogP contribution is 2.16. The quantitative estimate of drug-likeness (QED) is 0.783. The van der Waals surface area contributed by atoms with Crippen LogP contribution < -0.4 is 5.32 Å². The van der Waals surface area contributed by atoms with Crippen molar-refractivity contribution in [2.45, 2.75) is 19.8 Å². The van der Waals surface area contributed by atoms with Crippen LogP contribution in [0.1, 0.15) is 24.7 Å². The highest BCUT2D eigenvalue weighted by molar-refractivity contribution is 14.1. The van der Waals surface area contributed by atoms with Crippen LogP contribution in [0.25, 0.3) is 0 Å². The molecule has 1 heterocycles. The van der Waals surface area contributed by atoms with Gasteiger partial charge in [-0.2, -0.15) is 0 Å². The van der Waals surface area contributed by atoms with Crippen molar-refractivity contribution in [3.8, 4) is 0 Å². The normalized spacial score (nSPS) is 10.5. The zero-order chi connectivity index (χ0) is 13.7. The van der Waals surface area contributed by atoms with Crippen LogP contribution in [0, 0.1) is 3.57 Å². The summed E-state index contributed by atoms with van der Waals surface area (Å²) >= 11 is 8.12. The van der Waals surface area contributed by atoms with Gasteiger partial charge in [0.1, 0.15) is 11.6 Å². The molecule has 0 amide bonds. The summed E-state index contributed by atoms with van der Waals surface area (Å²) in [4.78, 5) is 8.94. The van der Waals surface area contributed by atoms with Crippen molar-refractivity contribution in [3.63, 3.8) is 0 Å². The van der Waals surface area contributed by atoms with E-state index in [9.17, 15) is 0 Å². The van der Waals surface area contributed by atoms with Crippen molar-refractivity contribution in [2.75, 3.05) is 11.9 Å². The lowest BCUT2D eigenvalue weighted by Crippen LogP contribution is -2.07. The van der Waals surface area contributed by atoms with Crippen LogP contribution in [-0.4, -0.2) is 16.5 Å². The third-order valence-electron chi connectivity index (χ3n) is 2.61. The van der Waals surface area contributed by atoms with Gasteiger partial charge >= 0.3 is 0 Å². The molecule has 0 radical (unpaired) electrons. The van der Waals surface area contributed by atoms with Crippen LogP contribution in [0.2, 0.25) is 5.02 Å². The zero-order valence-corrected chi connectivity index (χ0v) is 13.6. The first-order valence-electron chi connectivity index (χ1n) is 6.18. The topological polar surface area (TPSA) is 37.8 Å². The second kappa shape index (κ2) is 7.05. The van der Waals surface area contributed by atoms with E-state index >= 15 is 0 Å². The fourth-order valence-electron chi connectivity index (χ4n) is 1.64.